The number of benzene rings is 2. The van der Waals surface area contributed by atoms with Gasteiger partial charge in [-0.15, -0.1) is 0 Å². The van der Waals surface area contributed by atoms with Crippen molar-refractivity contribution in [3.63, 3.8) is 0 Å². The zero-order chi connectivity index (χ0) is 19.8. The van der Waals surface area contributed by atoms with Crippen LogP contribution in [0, 0.1) is 0 Å². The summed E-state index contributed by atoms with van der Waals surface area (Å²) >= 11 is 0. The molecule has 2 rings (SSSR count). The summed E-state index contributed by atoms with van der Waals surface area (Å²) in [6, 6.07) is 10.2. The van der Waals surface area contributed by atoms with Gasteiger partial charge in [0.25, 0.3) is 5.91 Å². The van der Waals surface area contributed by atoms with Gasteiger partial charge in [0, 0.05) is 17.9 Å². The Bertz CT molecular complexity index is 815. The lowest BCUT2D eigenvalue weighted by Crippen LogP contribution is -2.28. The minimum absolute atomic E-state index is 0.00889. The number of carbonyl (C=O) groups excluding carboxylic acids is 2. The number of hydrogen-bond acceptors (Lipinski definition) is 4. The second-order valence-electron chi connectivity index (χ2n) is 5.23. The molecular weight excluding hydrogens is 360 g/mol. The van der Waals surface area contributed by atoms with Crippen LogP contribution in [0.5, 0.6) is 11.5 Å². The lowest BCUT2D eigenvalue weighted by Gasteiger charge is -2.14. The normalized spacial score (nSPS) is 10.3. The van der Waals surface area contributed by atoms with E-state index < -0.39 is 12.5 Å². The zero-order valence-electron chi connectivity index (χ0n) is 14.7. The number of alkyl halides is 2. The van der Waals surface area contributed by atoms with Crippen LogP contribution in [0.3, 0.4) is 0 Å². The van der Waals surface area contributed by atoms with E-state index in [2.05, 4.69) is 20.7 Å². The van der Waals surface area contributed by atoms with Gasteiger partial charge in [-0.3, -0.25) is 4.79 Å². The van der Waals surface area contributed by atoms with Crippen LogP contribution in [-0.2, 0) is 0 Å². The number of anilines is 2. The zero-order valence-corrected chi connectivity index (χ0v) is 14.7. The maximum absolute atomic E-state index is 12.7. The van der Waals surface area contributed by atoms with Crippen molar-refractivity contribution in [3.8, 4) is 11.5 Å². The lowest BCUT2D eigenvalue weighted by atomic mass is 10.1. The summed E-state index contributed by atoms with van der Waals surface area (Å²) in [5.74, 6) is -1.02. The molecule has 0 aromatic heterocycles. The molecule has 0 atom stereocenters. The number of rotatable bonds is 7. The molecule has 3 amide bonds. The van der Waals surface area contributed by atoms with Crippen molar-refractivity contribution in [1.82, 2.24) is 5.32 Å². The second-order valence-corrected chi connectivity index (χ2v) is 5.23. The fourth-order valence-corrected chi connectivity index (χ4v) is 2.28. The maximum Gasteiger partial charge on any atom is 0.387 e. The van der Waals surface area contributed by atoms with E-state index in [1.54, 1.807) is 25.1 Å². The quantitative estimate of drug-likeness (QED) is 0.685. The average Bonchev–Trinajstić information content (AvgIpc) is 2.61. The molecule has 2 aromatic carbocycles. The van der Waals surface area contributed by atoms with Crippen molar-refractivity contribution in [2.45, 2.75) is 13.5 Å². The molecule has 0 spiro atoms. The molecule has 2 aromatic rings. The van der Waals surface area contributed by atoms with E-state index in [0.717, 1.165) is 0 Å². The van der Waals surface area contributed by atoms with Crippen LogP contribution in [0.2, 0.25) is 0 Å². The van der Waals surface area contributed by atoms with Crippen molar-refractivity contribution in [2.75, 3.05) is 24.3 Å². The first kappa shape index (κ1) is 20.0. The van der Waals surface area contributed by atoms with E-state index in [9.17, 15) is 18.4 Å². The van der Waals surface area contributed by atoms with Crippen LogP contribution >= 0.6 is 0 Å². The number of nitrogens with one attached hydrogen (secondary N) is 3. The average molecular weight is 379 g/mol. The molecule has 0 aliphatic rings. The SMILES string of the molecule is CCNC(=O)Nc1cccc(NC(=O)c2cccc(OC)c2OC(F)F)c1. The first-order valence-corrected chi connectivity index (χ1v) is 8.02. The Morgan fingerprint density at radius 3 is 2.37 bits per heavy atom. The van der Waals surface area contributed by atoms with Crippen LogP contribution in [0.15, 0.2) is 42.5 Å². The van der Waals surface area contributed by atoms with Crippen molar-refractivity contribution in [3.05, 3.63) is 48.0 Å². The number of ether oxygens (including phenoxy) is 2. The van der Waals surface area contributed by atoms with Crippen LogP contribution < -0.4 is 25.4 Å². The van der Waals surface area contributed by atoms with Gasteiger partial charge < -0.3 is 25.4 Å². The molecule has 0 bridgehead atoms. The fourth-order valence-electron chi connectivity index (χ4n) is 2.28. The van der Waals surface area contributed by atoms with Crippen LogP contribution in [-0.4, -0.2) is 32.2 Å². The summed E-state index contributed by atoms with van der Waals surface area (Å²) in [6.07, 6.45) is 0. The Morgan fingerprint density at radius 1 is 1.07 bits per heavy atom. The summed E-state index contributed by atoms with van der Waals surface area (Å²) < 4.78 is 34.8. The van der Waals surface area contributed by atoms with Crippen LogP contribution in [0.4, 0.5) is 25.0 Å². The summed E-state index contributed by atoms with van der Waals surface area (Å²) in [5.41, 5.74) is 0.699. The molecule has 9 heteroatoms. The predicted octanol–water partition coefficient (Wildman–Crippen LogP) is 3.69. The monoisotopic (exact) mass is 379 g/mol. The molecule has 0 unspecified atom stereocenters. The molecule has 27 heavy (non-hydrogen) atoms. The standard InChI is InChI=1S/C18H19F2N3O4/c1-3-21-18(25)23-12-7-4-6-11(10-12)22-16(24)13-8-5-9-14(26-2)15(13)27-17(19)20/h4-10,17H,3H2,1-2H3,(H,22,24)(H2,21,23,25). The van der Waals surface area contributed by atoms with Gasteiger partial charge in [-0.2, -0.15) is 8.78 Å². The van der Waals surface area contributed by atoms with Crippen molar-refractivity contribution >= 4 is 23.3 Å². The Morgan fingerprint density at radius 2 is 1.74 bits per heavy atom. The Kier molecular flexibility index (Phi) is 6.93. The first-order chi connectivity index (χ1) is 12.9. The second kappa shape index (κ2) is 9.37. The predicted molar refractivity (Wildman–Crippen MR) is 96.7 cm³/mol. The highest BCUT2D eigenvalue weighted by Crippen LogP contribution is 2.33. The number of halogens is 2. The van der Waals surface area contributed by atoms with Crippen LogP contribution in [0.25, 0.3) is 0 Å². The van der Waals surface area contributed by atoms with E-state index >= 15 is 0 Å². The third-order valence-corrected chi connectivity index (χ3v) is 3.37. The number of amides is 3. The first-order valence-electron chi connectivity index (χ1n) is 8.02. The van der Waals surface area contributed by atoms with E-state index in [1.807, 2.05) is 0 Å². The molecule has 144 valence electrons. The highest BCUT2D eigenvalue weighted by Gasteiger charge is 2.20. The minimum Gasteiger partial charge on any atom is -0.493 e. The third kappa shape index (κ3) is 5.56. The third-order valence-electron chi connectivity index (χ3n) is 3.37. The minimum atomic E-state index is -3.11. The number of para-hydroxylation sites is 1. The topological polar surface area (TPSA) is 88.7 Å². The van der Waals surface area contributed by atoms with Gasteiger partial charge in [0.1, 0.15) is 0 Å². The lowest BCUT2D eigenvalue weighted by molar-refractivity contribution is -0.0515. The van der Waals surface area contributed by atoms with Gasteiger partial charge in [0.15, 0.2) is 11.5 Å². The fraction of sp³-hybridized carbons (Fsp3) is 0.222. The number of carbonyl (C=O) groups is 2. The van der Waals surface area contributed by atoms with Gasteiger partial charge in [-0.1, -0.05) is 12.1 Å². The van der Waals surface area contributed by atoms with Gasteiger partial charge in [0.2, 0.25) is 0 Å². The van der Waals surface area contributed by atoms with E-state index in [-0.39, 0.29) is 23.1 Å². The van der Waals surface area contributed by atoms with Gasteiger partial charge in [0.05, 0.1) is 12.7 Å². The number of hydrogen-bond donors (Lipinski definition) is 3. The smallest absolute Gasteiger partial charge is 0.387 e. The molecule has 0 radical (unpaired) electrons. The van der Waals surface area contributed by atoms with Crippen molar-refractivity contribution in [1.29, 1.82) is 0 Å². The maximum atomic E-state index is 12.7. The molecule has 7 nitrogen and oxygen atoms in total. The number of urea groups is 1. The molecular formula is C18H19F2N3O4. The van der Waals surface area contributed by atoms with Gasteiger partial charge >= 0.3 is 12.6 Å². The van der Waals surface area contributed by atoms with Crippen LogP contribution in [0.1, 0.15) is 17.3 Å². The molecule has 0 aliphatic carbocycles. The van der Waals surface area contributed by atoms with Gasteiger partial charge in [-0.25, -0.2) is 4.79 Å². The van der Waals surface area contributed by atoms with E-state index in [4.69, 9.17) is 4.74 Å². The van der Waals surface area contributed by atoms with Crippen molar-refractivity contribution < 1.29 is 27.8 Å². The number of methoxy groups -OCH3 is 1. The van der Waals surface area contributed by atoms with Gasteiger partial charge in [-0.05, 0) is 37.3 Å². The summed E-state index contributed by atoms with van der Waals surface area (Å²) in [7, 11) is 1.28. The van der Waals surface area contributed by atoms with E-state index in [0.29, 0.717) is 17.9 Å². The highest BCUT2D eigenvalue weighted by atomic mass is 19.3. The molecule has 3 N–H and O–H groups in total. The summed E-state index contributed by atoms with van der Waals surface area (Å²) in [4.78, 5) is 24.1. The molecule has 0 heterocycles. The summed E-state index contributed by atoms with van der Waals surface area (Å²) in [5, 5.41) is 7.76. The molecule has 0 saturated heterocycles. The molecule has 0 aliphatic heterocycles. The highest BCUT2D eigenvalue weighted by molar-refractivity contribution is 6.07. The molecule has 0 saturated carbocycles. The largest absolute Gasteiger partial charge is 0.493 e. The Labute approximate surface area is 154 Å². The summed E-state index contributed by atoms with van der Waals surface area (Å²) in [6.45, 7) is -0.869. The Hall–Kier alpha value is -3.36. The molecule has 0 fully saturated rings. The van der Waals surface area contributed by atoms with E-state index in [1.165, 1.54) is 31.4 Å². The van der Waals surface area contributed by atoms with Crippen molar-refractivity contribution in [2.24, 2.45) is 0 Å². The Balaban J connectivity index is 2.21.